The highest BCUT2D eigenvalue weighted by atomic mass is 14.9. The van der Waals surface area contributed by atoms with E-state index in [0.29, 0.717) is 5.92 Å². The molecule has 1 aliphatic carbocycles. The van der Waals surface area contributed by atoms with Crippen molar-refractivity contribution in [3.05, 3.63) is 29.3 Å². The predicted molar refractivity (Wildman–Crippen MR) is 83.1 cm³/mol. The van der Waals surface area contributed by atoms with Crippen molar-refractivity contribution in [2.45, 2.75) is 58.8 Å². The first kappa shape index (κ1) is 14.1. The van der Waals surface area contributed by atoms with E-state index in [1.54, 1.807) is 0 Å². The maximum absolute atomic E-state index is 6.28. The number of aryl methyl sites for hydroxylation is 2. The van der Waals surface area contributed by atoms with Crippen LogP contribution in [-0.4, -0.2) is 5.84 Å². The van der Waals surface area contributed by atoms with Crippen LogP contribution in [0.3, 0.4) is 0 Å². The lowest BCUT2D eigenvalue weighted by molar-refractivity contribution is 0.437. The molecule has 0 heterocycles. The van der Waals surface area contributed by atoms with Crippen LogP contribution in [0.2, 0.25) is 0 Å². The van der Waals surface area contributed by atoms with Gasteiger partial charge >= 0.3 is 0 Å². The van der Waals surface area contributed by atoms with Crippen LogP contribution < -0.4 is 5.73 Å². The number of nitrogens with two attached hydrogens (primary N) is 1. The van der Waals surface area contributed by atoms with Crippen LogP contribution in [0.1, 0.15) is 57.1 Å². The summed E-state index contributed by atoms with van der Waals surface area (Å²) in [5.41, 5.74) is 10.0. The Morgan fingerprint density at radius 2 is 1.68 bits per heavy atom. The molecule has 0 spiro atoms. The van der Waals surface area contributed by atoms with Crippen LogP contribution >= 0.6 is 0 Å². The van der Waals surface area contributed by atoms with Crippen LogP contribution in [0.15, 0.2) is 23.2 Å². The van der Waals surface area contributed by atoms with Crippen LogP contribution in [-0.2, 0) is 12.8 Å². The molecule has 1 aliphatic rings. The van der Waals surface area contributed by atoms with E-state index in [1.807, 2.05) is 0 Å². The van der Waals surface area contributed by atoms with Crippen molar-refractivity contribution in [3.8, 4) is 0 Å². The number of benzene rings is 1. The molecule has 104 valence electrons. The Hall–Kier alpha value is -1.31. The number of hydrogen-bond acceptors (Lipinski definition) is 1. The van der Waals surface area contributed by atoms with Gasteiger partial charge in [0.15, 0.2) is 0 Å². The number of aliphatic imine (C=N–C) groups is 1. The fourth-order valence-electron chi connectivity index (χ4n) is 2.98. The van der Waals surface area contributed by atoms with Gasteiger partial charge in [-0.1, -0.05) is 51.3 Å². The minimum atomic E-state index is 0.503. The Morgan fingerprint density at radius 1 is 1.11 bits per heavy atom. The summed E-state index contributed by atoms with van der Waals surface area (Å²) in [6, 6.07) is 6.48. The number of nitrogens with zero attached hydrogens (tertiary/aromatic N) is 1. The third-order valence-corrected chi connectivity index (χ3v) is 4.23. The van der Waals surface area contributed by atoms with Crippen LogP contribution in [0.25, 0.3) is 0 Å². The van der Waals surface area contributed by atoms with Crippen LogP contribution in [0.4, 0.5) is 5.69 Å². The SMILES string of the molecule is CCc1cccc(CC)c1N=C(N)C1CCCCC1. The highest BCUT2D eigenvalue weighted by molar-refractivity contribution is 5.86. The molecule has 0 atom stereocenters. The Balaban J connectivity index is 2.29. The molecule has 0 unspecified atom stereocenters. The summed E-state index contributed by atoms with van der Waals surface area (Å²) < 4.78 is 0. The Kier molecular flexibility index (Phi) is 5.00. The molecule has 1 fully saturated rings. The summed E-state index contributed by atoms with van der Waals surface area (Å²) in [7, 11) is 0. The highest BCUT2D eigenvalue weighted by Gasteiger charge is 2.17. The zero-order chi connectivity index (χ0) is 13.7. The summed E-state index contributed by atoms with van der Waals surface area (Å²) in [5, 5.41) is 0. The summed E-state index contributed by atoms with van der Waals surface area (Å²) >= 11 is 0. The highest BCUT2D eigenvalue weighted by Crippen LogP contribution is 2.29. The second-order valence-electron chi connectivity index (χ2n) is 5.50. The molecule has 1 aromatic carbocycles. The lowest BCUT2D eigenvalue weighted by atomic mass is 9.88. The van der Waals surface area contributed by atoms with Crippen molar-refractivity contribution in [3.63, 3.8) is 0 Å². The normalized spacial score (nSPS) is 17.7. The zero-order valence-corrected chi connectivity index (χ0v) is 12.3. The molecule has 2 N–H and O–H groups in total. The number of amidine groups is 1. The van der Waals surface area contributed by atoms with E-state index in [2.05, 4.69) is 32.0 Å². The molecule has 1 aromatic rings. The second kappa shape index (κ2) is 6.74. The van der Waals surface area contributed by atoms with E-state index < -0.39 is 0 Å². The first-order chi connectivity index (χ1) is 9.26. The standard InChI is InChI=1S/C17H26N2/c1-3-13-11-8-12-14(4-2)16(13)19-17(18)15-9-6-5-7-10-15/h8,11-12,15H,3-7,9-10H2,1-2H3,(H2,18,19). The van der Waals surface area contributed by atoms with Gasteiger partial charge in [0.25, 0.3) is 0 Å². The molecule has 0 saturated heterocycles. The van der Waals surface area contributed by atoms with E-state index in [9.17, 15) is 0 Å². The topological polar surface area (TPSA) is 38.4 Å². The van der Waals surface area contributed by atoms with Gasteiger partial charge in [-0.3, -0.25) is 0 Å². The smallest absolute Gasteiger partial charge is 0.103 e. The fraction of sp³-hybridized carbons (Fsp3) is 0.588. The molecule has 1 saturated carbocycles. The molecular weight excluding hydrogens is 232 g/mol. The van der Waals surface area contributed by atoms with Gasteiger partial charge in [0, 0.05) is 5.92 Å². The van der Waals surface area contributed by atoms with Gasteiger partial charge in [-0.25, -0.2) is 4.99 Å². The lowest BCUT2D eigenvalue weighted by Crippen LogP contribution is -2.25. The molecule has 19 heavy (non-hydrogen) atoms. The second-order valence-corrected chi connectivity index (χ2v) is 5.50. The van der Waals surface area contributed by atoms with Gasteiger partial charge < -0.3 is 5.73 Å². The summed E-state index contributed by atoms with van der Waals surface area (Å²) in [4.78, 5) is 4.82. The van der Waals surface area contributed by atoms with E-state index in [0.717, 1.165) is 24.4 Å². The predicted octanol–water partition coefficient (Wildman–Crippen LogP) is 4.38. The lowest BCUT2D eigenvalue weighted by Gasteiger charge is -2.21. The average molecular weight is 258 g/mol. The van der Waals surface area contributed by atoms with Crippen molar-refractivity contribution in [2.75, 3.05) is 0 Å². The minimum absolute atomic E-state index is 0.503. The quantitative estimate of drug-likeness (QED) is 0.631. The van der Waals surface area contributed by atoms with Crippen molar-refractivity contribution < 1.29 is 0 Å². The maximum atomic E-state index is 6.28. The van der Waals surface area contributed by atoms with Crippen LogP contribution in [0.5, 0.6) is 0 Å². The van der Waals surface area contributed by atoms with Crippen molar-refractivity contribution >= 4 is 11.5 Å². The van der Waals surface area contributed by atoms with E-state index in [1.165, 1.54) is 43.2 Å². The molecule has 0 aliphatic heterocycles. The molecule has 2 nitrogen and oxygen atoms in total. The number of rotatable bonds is 4. The third kappa shape index (κ3) is 3.37. The van der Waals surface area contributed by atoms with E-state index >= 15 is 0 Å². The molecule has 2 heteroatoms. The first-order valence-corrected chi connectivity index (χ1v) is 7.71. The monoisotopic (exact) mass is 258 g/mol. The summed E-state index contributed by atoms with van der Waals surface area (Å²) in [6.45, 7) is 4.37. The average Bonchev–Trinajstić information content (AvgIpc) is 2.48. The first-order valence-electron chi connectivity index (χ1n) is 7.71. The molecule has 2 rings (SSSR count). The summed E-state index contributed by atoms with van der Waals surface area (Å²) in [5.74, 6) is 1.36. The maximum Gasteiger partial charge on any atom is 0.103 e. The van der Waals surface area contributed by atoms with Gasteiger partial charge in [-0.15, -0.1) is 0 Å². The van der Waals surface area contributed by atoms with E-state index in [4.69, 9.17) is 10.7 Å². The number of para-hydroxylation sites is 1. The third-order valence-electron chi connectivity index (χ3n) is 4.23. The Bertz CT molecular complexity index is 420. The molecule has 0 bridgehead atoms. The fourth-order valence-corrected chi connectivity index (χ4v) is 2.98. The van der Waals surface area contributed by atoms with Gasteiger partial charge in [0.05, 0.1) is 5.69 Å². The van der Waals surface area contributed by atoms with Crippen molar-refractivity contribution in [1.82, 2.24) is 0 Å². The summed E-state index contributed by atoms with van der Waals surface area (Å²) in [6.07, 6.45) is 8.43. The van der Waals surface area contributed by atoms with Crippen molar-refractivity contribution in [1.29, 1.82) is 0 Å². The van der Waals surface area contributed by atoms with Crippen LogP contribution in [0, 0.1) is 5.92 Å². The molecule has 0 radical (unpaired) electrons. The van der Waals surface area contributed by atoms with Crippen molar-refractivity contribution in [2.24, 2.45) is 16.6 Å². The molecule has 0 amide bonds. The Morgan fingerprint density at radius 3 is 2.21 bits per heavy atom. The zero-order valence-electron chi connectivity index (χ0n) is 12.3. The van der Waals surface area contributed by atoms with Gasteiger partial charge in [-0.05, 0) is 36.8 Å². The largest absolute Gasteiger partial charge is 0.387 e. The van der Waals surface area contributed by atoms with Gasteiger partial charge in [0.2, 0.25) is 0 Å². The minimum Gasteiger partial charge on any atom is -0.387 e. The number of hydrogen-bond donors (Lipinski definition) is 1. The van der Waals surface area contributed by atoms with Gasteiger partial charge in [0.1, 0.15) is 5.84 Å². The molecular formula is C17H26N2. The van der Waals surface area contributed by atoms with E-state index in [-0.39, 0.29) is 0 Å². The molecule has 0 aromatic heterocycles. The van der Waals surface area contributed by atoms with Gasteiger partial charge in [-0.2, -0.15) is 0 Å². The Labute approximate surface area is 117 Å².